The Morgan fingerprint density at radius 2 is 2.09 bits per heavy atom. The van der Waals surface area contributed by atoms with Gasteiger partial charge in [0.25, 0.3) is 5.78 Å². The Morgan fingerprint density at radius 3 is 2.83 bits per heavy atom. The van der Waals surface area contributed by atoms with Crippen LogP contribution in [-0.2, 0) is 0 Å². The molecule has 0 spiro atoms. The molecule has 0 bridgehead atoms. The lowest BCUT2D eigenvalue weighted by atomic mass is 10.1. The first-order valence-corrected chi connectivity index (χ1v) is 8.84. The van der Waals surface area contributed by atoms with Gasteiger partial charge in [0.15, 0.2) is 0 Å². The molecule has 0 aliphatic rings. The average Bonchev–Trinajstić information content (AvgIpc) is 2.97. The van der Waals surface area contributed by atoms with Gasteiger partial charge in [-0.3, -0.25) is 0 Å². The number of hydrogen-bond acceptors (Lipinski definition) is 4. The second-order valence-electron chi connectivity index (χ2n) is 4.85. The lowest BCUT2D eigenvalue weighted by molar-refractivity contribution is 0.630. The van der Waals surface area contributed by atoms with Gasteiger partial charge in [-0.25, -0.2) is 4.39 Å². The van der Waals surface area contributed by atoms with Crippen LogP contribution in [0.15, 0.2) is 29.6 Å². The zero-order valence-electron chi connectivity index (χ0n) is 12.3. The second-order valence-corrected chi connectivity index (χ2v) is 6.70. The van der Waals surface area contributed by atoms with E-state index in [0.29, 0.717) is 16.4 Å². The van der Waals surface area contributed by atoms with Crippen molar-refractivity contribution in [3.8, 4) is 11.1 Å². The largest absolute Gasteiger partial charge is 0.254 e. The van der Waals surface area contributed by atoms with Crippen LogP contribution in [0.2, 0.25) is 10.2 Å². The van der Waals surface area contributed by atoms with E-state index in [1.54, 1.807) is 28.4 Å². The summed E-state index contributed by atoms with van der Waals surface area (Å²) in [6, 6.07) is 4.53. The molecule has 4 nitrogen and oxygen atoms in total. The molecule has 2 aromatic heterocycles. The Balaban J connectivity index is 2.26. The van der Waals surface area contributed by atoms with Crippen molar-refractivity contribution < 1.29 is 4.39 Å². The Morgan fingerprint density at radius 1 is 1.26 bits per heavy atom. The molecule has 120 valence electrons. The van der Waals surface area contributed by atoms with E-state index in [-0.39, 0.29) is 15.7 Å². The van der Waals surface area contributed by atoms with Crippen LogP contribution >= 0.6 is 35.0 Å². The SMILES string of the molecule is CCCCSc1c(-c2c(F)cccc2Cl)c(Cl)nc2ncnn12. The van der Waals surface area contributed by atoms with E-state index >= 15 is 0 Å². The summed E-state index contributed by atoms with van der Waals surface area (Å²) in [6.45, 7) is 2.11. The minimum Gasteiger partial charge on any atom is -0.206 e. The quantitative estimate of drug-likeness (QED) is 0.354. The fourth-order valence-electron chi connectivity index (χ4n) is 2.19. The minimum atomic E-state index is -0.446. The van der Waals surface area contributed by atoms with Crippen LogP contribution in [0.4, 0.5) is 4.39 Å². The molecular weight excluding hydrogens is 358 g/mol. The molecule has 0 saturated heterocycles. The van der Waals surface area contributed by atoms with E-state index in [4.69, 9.17) is 23.2 Å². The minimum absolute atomic E-state index is 0.163. The molecule has 0 atom stereocenters. The van der Waals surface area contributed by atoms with Gasteiger partial charge in [0.05, 0.1) is 10.6 Å². The molecule has 0 fully saturated rings. The van der Waals surface area contributed by atoms with E-state index in [0.717, 1.165) is 18.6 Å². The van der Waals surface area contributed by atoms with Gasteiger partial charge < -0.3 is 0 Å². The molecular formula is C15H13Cl2FN4S. The molecule has 1 aromatic carbocycles. The van der Waals surface area contributed by atoms with Crippen molar-refractivity contribution in [3.63, 3.8) is 0 Å². The van der Waals surface area contributed by atoms with Gasteiger partial charge in [0.1, 0.15) is 22.3 Å². The van der Waals surface area contributed by atoms with Crippen molar-refractivity contribution in [3.05, 3.63) is 40.5 Å². The van der Waals surface area contributed by atoms with Crippen molar-refractivity contribution in [2.24, 2.45) is 0 Å². The molecule has 0 saturated carbocycles. The van der Waals surface area contributed by atoms with Crippen LogP contribution in [0.25, 0.3) is 16.9 Å². The van der Waals surface area contributed by atoms with Crippen molar-refractivity contribution in [1.82, 2.24) is 19.6 Å². The van der Waals surface area contributed by atoms with Crippen molar-refractivity contribution in [2.75, 3.05) is 5.75 Å². The topological polar surface area (TPSA) is 43.1 Å². The van der Waals surface area contributed by atoms with Gasteiger partial charge in [-0.15, -0.1) is 11.8 Å². The molecule has 23 heavy (non-hydrogen) atoms. The third-order valence-electron chi connectivity index (χ3n) is 3.29. The molecule has 3 aromatic rings. The Labute approximate surface area is 147 Å². The van der Waals surface area contributed by atoms with Crippen LogP contribution in [0.1, 0.15) is 19.8 Å². The summed E-state index contributed by atoms with van der Waals surface area (Å²) in [7, 11) is 0. The summed E-state index contributed by atoms with van der Waals surface area (Å²) in [5.41, 5.74) is 0.692. The molecule has 0 radical (unpaired) electrons. The molecule has 0 amide bonds. The van der Waals surface area contributed by atoms with E-state index in [9.17, 15) is 4.39 Å². The van der Waals surface area contributed by atoms with E-state index < -0.39 is 5.82 Å². The Hall–Kier alpha value is -1.37. The summed E-state index contributed by atoms with van der Waals surface area (Å²) < 4.78 is 16.0. The predicted octanol–water partition coefficient (Wildman–Crippen LogP) is 5.13. The highest BCUT2D eigenvalue weighted by molar-refractivity contribution is 7.99. The van der Waals surface area contributed by atoms with Crippen LogP contribution in [0.5, 0.6) is 0 Å². The number of thioether (sulfide) groups is 1. The smallest absolute Gasteiger partial charge is 0.206 e. The highest BCUT2D eigenvalue weighted by Crippen LogP contribution is 2.41. The van der Waals surface area contributed by atoms with Crippen LogP contribution in [0.3, 0.4) is 0 Å². The van der Waals surface area contributed by atoms with Crippen LogP contribution < -0.4 is 0 Å². The van der Waals surface area contributed by atoms with Gasteiger partial charge >= 0.3 is 0 Å². The normalized spacial score (nSPS) is 11.3. The zero-order valence-corrected chi connectivity index (χ0v) is 14.6. The third kappa shape index (κ3) is 3.16. The standard InChI is InChI=1S/C15H13Cl2FN4S/c1-2-3-7-23-14-12(11-9(16)5-4-6-10(11)18)13(17)21-15-19-8-20-22(14)15/h4-6,8H,2-3,7H2,1H3. The zero-order chi connectivity index (χ0) is 16.4. The second kappa shape index (κ2) is 7.03. The van der Waals surface area contributed by atoms with Crippen molar-refractivity contribution in [2.45, 2.75) is 24.8 Å². The number of rotatable bonds is 5. The summed E-state index contributed by atoms with van der Waals surface area (Å²) in [6.07, 6.45) is 3.47. The highest BCUT2D eigenvalue weighted by atomic mass is 35.5. The van der Waals surface area contributed by atoms with Gasteiger partial charge in [0, 0.05) is 5.56 Å². The number of unbranched alkanes of at least 4 members (excludes halogenated alkanes) is 1. The third-order valence-corrected chi connectivity index (χ3v) is 5.02. The first-order chi connectivity index (χ1) is 11.1. The summed E-state index contributed by atoms with van der Waals surface area (Å²) in [5.74, 6) is 0.786. The maximum absolute atomic E-state index is 14.4. The lowest BCUT2D eigenvalue weighted by Crippen LogP contribution is -2.02. The predicted molar refractivity (Wildman–Crippen MR) is 91.8 cm³/mol. The molecule has 0 aliphatic carbocycles. The monoisotopic (exact) mass is 370 g/mol. The molecule has 2 heterocycles. The van der Waals surface area contributed by atoms with E-state index in [2.05, 4.69) is 22.0 Å². The molecule has 0 N–H and O–H groups in total. The van der Waals surface area contributed by atoms with Crippen molar-refractivity contribution >= 4 is 40.7 Å². The first kappa shape index (κ1) is 16.5. The van der Waals surface area contributed by atoms with Crippen LogP contribution in [-0.4, -0.2) is 25.3 Å². The number of halogens is 3. The Kier molecular flexibility index (Phi) is 5.04. The number of nitrogens with zero attached hydrogens (tertiary/aromatic N) is 4. The van der Waals surface area contributed by atoms with Gasteiger partial charge in [-0.2, -0.15) is 19.6 Å². The first-order valence-electron chi connectivity index (χ1n) is 7.10. The van der Waals surface area contributed by atoms with Crippen LogP contribution in [0, 0.1) is 5.82 Å². The summed E-state index contributed by atoms with van der Waals surface area (Å²) >= 11 is 14.1. The van der Waals surface area contributed by atoms with E-state index in [1.807, 2.05) is 0 Å². The van der Waals surface area contributed by atoms with Gasteiger partial charge in [-0.05, 0) is 24.3 Å². The number of aromatic nitrogens is 4. The summed E-state index contributed by atoms with van der Waals surface area (Å²) in [5, 5.41) is 5.32. The molecule has 3 rings (SSSR count). The van der Waals surface area contributed by atoms with Gasteiger partial charge in [0.2, 0.25) is 0 Å². The summed E-state index contributed by atoms with van der Waals surface area (Å²) in [4.78, 5) is 8.26. The molecule has 0 unspecified atom stereocenters. The van der Waals surface area contributed by atoms with Gasteiger partial charge in [-0.1, -0.05) is 42.6 Å². The fourth-order valence-corrected chi connectivity index (χ4v) is 3.98. The molecule has 0 aliphatic heterocycles. The fraction of sp³-hybridized carbons (Fsp3) is 0.267. The average molecular weight is 371 g/mol. The Bertz CT molecular complexity index is 833. The maximum atomic E-state index is 14.4. The lowest BCUT2D eigenvalue weighted by Gasteiger charge is -2.14. The number of hydrogen-bond donors (Lipinski definition) is 0. The number of benzene rings is 1. The van der Waals surface area contributed by atoms with Crippen molar-refractivity contribution in [1.29, 1.82) is 0 Å². The van der Waals surface area contributed by atoms with E-state index in [1.165, 1.54) is 12.4 Å². The number of fused-ring (bicyclic) bond motifs is 1. The maximum Gasteiger partial charge on any atom is 0.254 e. The highest BCUT2D eigenvalue weighted by Gasteiger charge is 2.22. The molecule has 8 heteroatoms.